The third-order valence-corrected chi connectivity index (χ3v) is 1.03. The molecule has 0 aromatic heterocycles. The van der Waals surface area contributed by atoms with Crippen LogP contribution in [0.25, 0.3) is 0 Å². The van der Waals surface area contributed by atoms with Gasteiger partial charge >= 0.3 is 0 Å². The van der Waals surface area contributed by atoms with E-state index in [-0.39, 0.29) is 6.42 Å². The molecule has 0 bridgehead atoms. The fourth-order valence-corrected chi connectivity index (χ4v) is 0.465. The summed E-state index contributed by atoms with van der Waals surface area (Å²) in [6.07, 6.45) is 0.167. The monoisotopic (exact) mass is 163 g/mol. The first-order valence-electron chi connectivity index (χ1n) is 3.31. The van der Waals surface area contributed by atoms with Gasteiger partial charge in [-0.05, 0) is 0 Å². The average molecular weight is 163 g/mol. The van der Waals surface area contributed by atoms with E-state index in [0.29, 0.717) is 19.8 Å². The minimum atomic E-state index is -0.442. The Labute approximate surface area is 65.3 Å². The largest absolute Gasteiger partial charge is 0.382 e. The Morgan fingerprint density at radius 1 is 1.45 bits per heavy atom. The molecule has 5 heteroatoms. The van der Waals surface area contributed by atoms with Crippen LogP contribution in [-0.2, 0) is 14.3 Å². The van der Waals surface area contributed by atoms with E-state index in [1.54, 1.807) is 7.11 Å². The fraction of sp³-hybridized carbons (Fsp3) is 0.833. The molecule has 0 fully saturated rings. The quantitative estimate of drug-likeness (QED) is 0.316. The molecule has 0 heterocycles. The predicted molar refractivity (Wildman–Crippen MR) is 37.2 cm³/mol. The number of hydrogen-bond donors (Lipinski definition) is 2. The topological polar surface area (TPSA) is 67.8 Å². The van der Waals surface area contributed by atoms with Crippen LogP contribution in [0.5, 0.6) is 0 Å². The van der Waals surface area contributed by atoms with Gasteiger partial charge in [-0.3, -0.25) is 10.0 Å². The zero-order valence-corrected chi connectivity index (χ0v) is 6.50. The third-order valence-electron chi connectivity index (χ3n) is 1.03. The number of hydrogen-bond acceptors (Lipinski definition) is 4. The van der Waals surface area contributed by atoms with Crippen molar-refractivity contribution in [2.75, 3.05) is 26.9 Å². The zero-order valence-electron chi connectivity index (χ0n) is 6.50. The molecule has 0 rings (SSSR count). The molecule has 0 saturated heterocycles. The molecule has 1 amide bonds. The van der Waals surface area contributed by atoms with Crippen molar-refractivity contribution < 1.29 is 19.5 Å². The van der Waals surface area contributed by atoms with E-state index < -0.39 is 5.91 Å². The first kappa shape index (κ1) is 10.3. The Hall–Kier alpha value is -0.650. The number of methoxy groups -OCH3 is 1. The Kier molecular flexibility index (Phi) is 7.02. The molecule has 0 aliphatic rings. The van der Waals surface area contributed by atoms with Crippen LogP contribution in [0.15, 0.2) is 0 Å². The first-order valence-corrected chi connectivity index (χ1v) is 3.31. The predicted octanol–water partition coefficient (Wildman–Crippen LogP) is -0.455. The molecule has 0 aliphatic carbocycles. The first-order chi connectivity index (χ1) is 5.31. The lowest BCUT2D eigenvalue weighted by Gasteiger charge is -2.01. The van der Waals surface area contributed by atoms with Crippen LogP contribution in [0.1, 0.15) is 6.42 Å². The summed E-state index contributed by atoms with van der Waals surface area (Å²) in [4.78, 5) is 10.4. The molecule has 0 atom stereocenters. The number of amides is 1. The van der Waals surface area contributed by atoms with Crippen molar-refractivity contribution in [2.24, 2.45) is 0 Å². The van der Waals surface area contributed by atoms with Gasteiger partial charge in [0.25, 0.3) is 0 Å². The van der Waals surface area contributed by atoms with Gasteiger partial charge in [0.2, 0.25) is 5.91 Å². The summed E-state index contributed by atoms with van der Waals surface area (Å²) < 4.78 is 9.65. The van der Waals surface area contributed by atoms with Crippen LogP contribution in [0.3, 0.4) is 0 Å². The zero-order chi connectivity index (χ0) is 8.53. The van der Waals surface area contributed by atoms with Crippen LogP contribution in [0.2, 0.25) is 0 Å². The van der Waals surface area contributed by atoms with E-state index in [1.165, 1.54) is 5.48 Å². The van der Waals surface area contributed by atoms with Crippen molar-refractivity contribution in [1.29, 1.82) is 0 Å². The molecule has 0 spiro atoms. The van der Waals surface area contributed by atoms with Crippen molar-refractivity contribution in [3.8, 4) is 0 Å². The van der Waals surface area contributed by atoms with Crippen molar-refractivity contribution in [2.45, 2.75) is 6.42 Å². The Bertz CT molecular complexity index is 107. The summed E-state index contributed by atoms with van der Waals surface area (Å²) in [5.74, 6) is -0.442. The lowest BCUT2D eigenvalue weighted by atomic mass is 10.4. The maximum Gasteiger partial charge on any atom is 0.245 e. The second-order valence-corrected chi connectivity index (χ2v) is 1.89. The molecule has 0 radical (unpaired) electrons. The van der Waals surface area contributed by atoms with Gasteiger partial charge in [-0.1, -0.05) is 0 Å². The van der Waals surface area contributed by atoms with Gasteiger partial charge in [-0.2, -0.15) is 0 Å². The number of ether oxygens (including phenoxy) is 2. The van der Waals surface area contributed by atoms with Crippen LogP contribution in [0.4, 0.5) is 0 Å². The Morgan fingerprint density at radius 2 is 2.18 bits per heavy atom. The highest BCUT2D eigenvalue weighted by atomic mass is 16.5. The molecule has 2 N–H and O–H groups in total. The maximum absolute atomic E-state index is 10.4. The Balaban J connectivity index is 2.95. The van der Waals surface area contributed by atoms with Gasteiger partial charge in [-0.15, -0.1) is 0 Å². The molecular formula is C6H13NO4. The normalized spacial score (nSPS) is 9.64. The smallest absolute Gasteiger partial charge is 0.245 e. The molecule has 5 nitrogen and oxygen atoms in total. The number of rotatable bonds is 6. The summed E-state index contributed by atoms with van der Waals surface area (Å²) in [6.45, 7) is 1.28. The third kappa shape index (κ3) is 7.24. The lowest BCUT2D eigenvalue weighted by Crippen LogP contribution is -2.20. The van der Waals surface area contributed by atoms with E-state index in [2.05, 4.69) is 0 Å². The van der Waals surface area contributed by atoms with Crippen LogP contribution < -0.4 is 5.48 Å². The van der Waals surface area contributed by atoms with E-state index in [1.807, 2.05) is 0 Å². The molecule has 66 valence electrons. The maximum atomic E-state index is 10.4. The van der Waals surface area contributed by atoms with Gasteiger partial charge in [0.1, 0.15) is 0 Å². The van der Waals surface area contributed by atoms with Gasteiger partial charge in [0.15, 0.2) is 0 Å². The van der Waals surface area contributed by atoms with Crippen molar-refractivity contribution in [1.82, 2.24) is 5.48 Å². The minimum Gasteiger partial charge on any atom is -0.382 e. The molecular weight excluding hydrogens is 150 g/mol. The van der Waals surface area contributed by atoms with Crippen molar-refractivity contribution in [3.63, 3.8) is 0 Å². The van der Waals surface area contributed by atoms with Gasteiger partial charge in [-0.25, -0.2) is 5.48 Å². The number of nitrogens with one attached hydrogen (secondary N) is 1. The average Bonchev–Trinajstić information content (AvgIpc) is 2.04. The second kappa shape index (κ2) is 7.46. The van der Waals surface area contributed by atoms with E-state index in [9.17, 15) is 4.79 Å². The van der Waals surface area contributed by atoms with Crippen molar-refractivity contribution >= 4 is 5.91 Å². The fourth-order valence-electron chi connectivity index (χ4n) is 0.465. The molecule has 0 aromatic carbocycles. The van der Waals surface area contributed by atoms with E-state index in [4.69, 9.17) is 14.7 Å². The van der Waals surface area contributed by atoms with Crippen LogP contribution >= 0.6 is 0 Å². The number of carbonyl (C=O) groups is 1. The summed E-state index contributed by atoms with van der Waals surface area (Å²) in [7, 11) is 1.57. The molecule has 11 heavy (non-hydrogen) atoms. The summed E-state index contributed by atoms with van der Waals surface area (Å²) >= 11 is 0. The molecule has 0 aromatic rings. The summed E-state index contributed by atoms with van der Waals surface area (Å²) in [5, 5.41) is 8.06. The SMILES string of the molecule is COCCOCCC(=O)NO. The van der Waals surface area contributed by atoms with Gasteiger partial charge < -0.3 is 9.47 Å². The minimum absolute atomic E-state index is 0.167. The summed E-state index contributed by atoms with van der Waals surface area (Å²) in [6, 6.07) is 0. The van der Waals surface area contributed by atoms with Crippen LogP contribution in [-0.4, -0.2) is 38.0 Å². The number of carbonyl (C=O) groups excluding carboxylic acids is 1. The van der Waals surface area contributed by atoms with Gasteiger partial charge in [0.05, 0.1) is 26.2 Å². The van der Waals surface area contributed by atoms with E-state index in [0.717, 1.165) is 0 Å². The van der Waals surface area contributed by atoms with E-state index >= 15 is 0 Å². The summed E-state index contributed by atoms with van der Waals surface area (Å²) in [5.41, 5.74) is 1.51. The standard InChI is InChI=1S/C6H13NO4/c1-10-4-5-11-3-2-6(8)7-9/h9H,2-5H2,1H3,(H,7,8). The molecule has 0 saturated carbocycles. The lowest BCUT2D eigenvalue weighted by molar-refractivity contribution is -0.130. The molecule has 0 unspecified atom stereocenters. The van der Waals surface area contributed by atoms with Gasteiger partial charge in [0, 0.05) is 7.11 Å². The highest BCUT2D eigenvalue weighted by molar-refractivity contribution is 5.74. The highest BCUT2D eigenvalue weighted by Gasteiger charge is 1.96. The van der Waals surface area contributed by atoms with Crippen LogP contribution in [0, 0.1) is 0 Å². The Morgan fingerprint density at radius 3 is 2.73 bits per heavy atom. The second-order valence-electron chi connectivity index (χ2n) is 1.89. The van der Waals surface area contributed by atoms with Crippen molar-refractivity contribution in [3.05, 3.63) is 0 Å². The highest BCUT2D eigenvalue weighted by Crippen LogP contribution is 1.82. The molecule has 0 aliphatic heterocycles. The number of hydroxylamine groups is 1.